The molecule has 1 heterocycles. The van der Waals surface area contributed by atoms with E-state index in [-0.39, 0.29) is 10.8 Å². The minimum absolute atomic E-state index is 0.0476. The first-order chi connectivity index (χ1) is 9.27. The lowest BCUT2D eigenvalue weighted by Crippen LogP contribution is -2.12. The molecule has 0 aliphatic heterocycles. The smallest absolute Gasteiger partial charge is 0.275 e. The van der Waals surface area contributed by atoms with Crippen molar-refractivity contribution in [1.29, 1.82) is 0 Å². The normalized spacial score (nSPS) is 11.3. The van der Waals surface area contributed by atoms with Crippen molar-refractivity contribution >= 4 is 58.6 Å². The standard InChI is InChI=1S/C11H8BrClN2O3S2/c1-6-14-10(5-19-6)11(16)15-9-3-2-7(4-8(9)12)20(13,17)18/h2-5H,1H3,(H,15,16). The summed E-state index contributed by atoms with van der Waals surface area (Å²) in [6, 6.07) is 4.09. The van der Waals surface area contributed by atoms with Gasteiger partial charge in [0.1, 0.15) is 5.69 Å². The molecule has 0 aliphatic rings. The van der Waals surface area contributed by atoms with E-state index in [0.717, 1.165) is 5.01 Å². The van der Waals surface area contributed by atoms with Gasteiger partial charge in [0.2, 0.25) is 0 Å². The second kappa shape index (κ2) is 5.80. The van der Waals surface area contributed by atoms with Gasteiger partial charge < -0.3 is 5.32 Å². The molecule has 1 N–H and O–H groups in total. The zero-order valence-electron chi connectivity index (χ0n) is 10.1. The molecule has 0 atom stereocenters. The second-order valence-corrected chi connectivity index (χ2v) is 8.27. The number of rotatable bonds is 3. The largest absolute Gasteiger partial charge is 0.320 e. The summed E-state index contributed by atoms with van der Waals surface area (Å²) in [6.45, 7) is 1.80. The molecule has 106 valence electrons. The Hall–Kier alpha value is -0.960. The molecule has 9 heteroatoms. The summed E-state index contributed by atoms with van der Waals surface area (Å²) in [6.07, 6.45) is 0. The molecule has 20 heavy (non-hydrogen) atoms. The van der Waals surface area contributed by atoms with E-state index in [1.54, 1.807) is 12.3 Å². The number of aryl methyl sites for hydroxylation is 1. The number of anilines is 1. The Balaban J connectivity index is 2.25. The van der Waals surface area contributed by atoms with Crippen molar-refractivity contribution in [2.75, 3.05) is 5.32 Å². The zero-order valence-corrected chi connectivity index (χ0v) is 14.0. The minimum Gasteiger partial charge on any atom is -0.320 e. The number of carbonyl (C=O) groups is 1. The van der Waals surface area contributed by atoms with Gasteiger partial charge in [0.05, 0.1) is 15.6 Å². The van der Waals surface area contributed by atoms with Crippen LogP contribution in [0.1, 0.15) is 15.5 Å². The van der Waals surface area contributed by atoms with Crippen LogP contribution < -0.4 is 5.32 Å². The molecular weight excluding hydrogens is 388 g/mol. The lowest BCUT2D eigenvalue weighted by molar-refractivity contribution is 0.102. The number of thiazole rings is 1. The summed E-state index contributed by atoms with van der Waals surface area (Å²) in [5.74, 6) is -0.364. The monoisotopic (exact) mass is 394 g/mol. The molecule has 1 aromatic heterocycles. The molecule has 0 radical (unpaired) electrons. The Morgan fingerprint density at radius 1 is 1.45 bits per heavy atom. The van der Waals surface area contributed by atoms with Crippen LogP contribution in [0, 0.1) is 6.92 Å². The van der Waals surface area contributed by atoms with Gasteiger partial charge in [0.25, 0.3) is 15.0 Å². The van der Waals surface area contributed by atoms with E-state index in [9.17, 15) is 13.2 Å². The molecule has 0 bridgehead atoms. The fourth-order valence-corrected chi connectivity index (χ4v) is 3.40. The van der Waals surface area contributed by atoms with Crippen LogP contribution in [0.5, 0.6) is 0 Å². The predicted octanol–water partition coefficient (Wildman–Crippen LogP) is 3.39. The summed E-state index contributed by atoms with van der Waals surface area (Å²) in [5, 5.41) is 5.08. The highest BCUT2D eigenvalue weighted by molar-refractivity contribution is 9.10. The fourth-order valence-electron chi connectivity index (χ4n) is 1.40. The van der Waals surface area contributed by atoms with Crippen LogP contribution in [0.2, 0.25) is 0 Å². The first kappa shape index (κ1) is 15.4. The first-order valence-corrected chi connectivity index (χ1v) is 9.23. The third kappa shape index (κ3) is 3.57. The van der Waals surface area contributed by atoms with Gasteiger partial charge in [0.15, 0.2) is 0 Å². The van der Waals surface area contributed by atoms with Gasteiger partial charge in [-0.25, -0.2) is 13.4 Å². The van der Waals surface area contributed by atoms with E-state index < -0.39 is 9.05 Å². The third-order valence-corrected chi connectivity index (χ3v) is 5.10. The minimum atomic E-state index is -3.80. The van der Waals surface area contributed by atoms with Gasteiger partial charge in [-0.15, -0.1) is 11.3 Å². The van der Waals surface area contributed by atoms with Crippen LogP contribution in [0.25, 0.3) is 0 Å². The number of amides is 1. The predicted molar refractivity (Wildman–Crippen MR) is 82.0 cm³/mol. The molecule has 0 unspecified atom stereocenters. The highest BCUT2D eigenvalue weighted by Gasteiger charge is 2.15. The van der Waals surface area contributed by atoms with Crippen molar-refractivity contribution in [2.45, 2.75) is 11.8 Å². The number of carbonyl (C=O) groups excluding carboxylic acids is 1. The van der Waals surface area contributed by atoms with Crippen molar-refractivity contribution in [2.24, 2.45) is 0 Å². The zero-order chi connectivity index (χ0) is 14.9. The number of hydrogen-bond donors (Lipinski definition) is 1. The van der Waals surface area contributed by atoms with Gasteiger partial charge in [-0.1, -0.05) is 0 Å². The maximum atomic E-state index is 11.9. The number of halogens is 2. The van der Waals surface area contributed by atoms with Crippen LogP contribution >= 0.6 is 37.9 Å². The van der Waals surface area contributed by atoms with Gasteiger partial charge in [-0.3, -0.25) is 4.79 Å². The summed E-state index contributed by atoms with van der Waals surface area (Å²) < 4.78 is 22.8. The molecular formula is C11H8BrClN2O3S2. The Kier molecular flexibility index (Phi) is 4.48. The molecule has 0 aliphatic carbocycles. The Bertz CT molecular complexity index is 774. The number of hydrogen-bond acceptors (Lipinski definition) is 5. The SMILES string of the molecule is Cc1nc(C(=O)Nc2ccc(S(=O)(=O)Cl)cc2Br)cs1. The number of aromatic nitrogens is 1. The molecule has 5 nitrogen and oxygen atoms in total. The van der Waals surface area contributed by atoms with E-state index in [4.69, 9.17) is 10.7 Å². The van der Waals surface area contributed by atoms with Gasteiger partial charge in [-0.05, 0) is 41.1 Å². The topological polar surface area (TPSA) is 76.1 Å². The van der Waals surface area contributed by atoms with Crippen molar-refractivity contribution in [1.82, 2.24) is 4.98 Å². The Morgan fingerprint density at radius 3 is 2.65 bits per heavy atom. The molecule has 0 saturated heterocycles. The lowest BCUT2D eigenvalue weighted by Gasteiger charge is -2.07. The van der Waals surface area contributed by atoms with Crippen LogP contribution in [0.3, 0.4) is 0 Å². The van der Waals surface area contributed by atoms with E-state index in [1.165, 1.54) is 29.5 Å². The average Bonchev–Trinajstić information content (AvgIpc) is 2.77. The molecule has 1 amide bonds. The number of benzene rings is 1. The van der Waals surface area contributed by atoms with Crippen molar-refractivity contribution in [3.63, 3.8) is 0 Å². The fraction of sp³-hybridized carbons (Fsp3) is 0.0909. The molecule has 1 aromatic carbocycles. The second-order valence-electron chi connectivity index (χ2n) is 3.79. The van der Waals surface area contributed by atoms with Gasteiger partial charge >= 0.3 is 0 Å². The van der Waals surface area contributed by atoms with Crippen molar-refractivity contribution in [3.05, 3.63) is 38.8 Å². The third-order valence-electron chi connectivity index (χ3n) is 2.32. The maximum Gasteiger partial charge on any atom is 0.275 e. The van der Waals surface area contributed by atoms with E-state index in [2.05, 4.69) is 26.2 Å². The van der Waals surface area contributed by atoms with Gasteiger partial charge in [-0.2, -0.15) is 0 Å². The summed E-state index contributed by atoms with van der Waals surface area (Å²) in [4.78, 5) is 15.9. The van der Waals surface area contributed by atoms with Crippen LogP contribution in [0.4, 0.5) is 5.69 Å². The van der Waals surface area contributed by atoms with E-state index in [0.29, 0.717) is 15.9 Å². The molecule has 2 aromatic rings. The van der Waals surface area contributed by atoms with Crippen LogP contribution in [0.15, 0.2) is 32.9 Å². The highest BCUT2D eigenvalue weighted by atomic mass is 79.9. The van der Waals surface area contributed by atoms with Crippen LogP contribution in [-0.4, -0.2) is 19.3 Å². The summed E-state index contributed by atoms with van der Waals surface area (Å²) in [7, 11) is 1.44. The summed E-state index contributed by atoms with van der Waals surface area (Å²) in [5.41, 5.74) is 0.748. The van der Waals surface area contributed by atoms with E-state index in [1.807, 2.05) is 0 Å². The van der Waals surface area contributed by atoms with Gasteiger partial charge in [0, 0.05) is 20.5 Å². The Labute approximate surface area is 132 Å². The molecule has 2 rings (SSSR count). The number of nitrogens with zero attached hydrogens (tertiary/aromatic N) is 1. The first-order valence-electron chi connectivity index (χ1n) is 5.25. The quantitative estimate of drug-likeness (QED) is 0.808. The molecule has 0 fully saturated rings. The Morgan fingerprint density at radius 2 is 2.15 bits per heavy atom. The van der Waals surface area contributed by atoms with Crippen LogP contribution in [-0.2, 0) is 9.05 Å². The molecule has 0 spiro atoms. The molecule has 0 saturated carbocycles. The number of nitrogens with one attached hydrogen (secondary N) is 1. The maximum absolute atomic E-state index is 11.9. The van der Waals surface area contributed by atoms with E-state index >= 15 is 0 Å². The van der Waals surface area contributed by atoms with Crippen molar-refractivity contribution < 1.29 is 13.2 Å². The lowest BCUT2D eigenvalue weighted by atomic mass is 10.3. The summed E-state index contributed by atoms with van der Waals surface area (Å²) >= 11 is 4.56. The average molecular weight is 396 g/mol. The highest BCUT2D eigenvalue weighted by Crippen LogP contribution is 2.27. The van der Waals surface area contributed by atoms with Crippen molar-refractivity contribution in [3.8, 4) is 0 Å².